The molecule has 0 amide bonds. The lowest BCUT2D eigenvalue weighted by molar-refractivity contribution is -0.160. The van der Waals surface area contributed by atoms with Crippen LogP contribution < -0.4 is 5.32 Å². The molecule has 5 fully saturated rings. The molecule has 3 heterocycles. The van der Waals surface area contributed by atoms with Gasteiger partial charge in [-0.25, -0.2) is 4.98 Å². The number of imidazole rings is 1. The van der Waals surface area contributed by atoms with Gasteiger partial charge in [0.1, 0.15) is 6.10 Å². The smallest absolute Gasteiger partial charge is 0.226 e. The lowest BCUT2D eigenvalue weighted by Crippen LogP contribution is -2.32. The van der Waals surface area contributed by atoms with Gasteiger partial charge in [0.25, 0.3) is 0 Å². The molecule has 166 valence electrons. The Bertz CT molecular complexity index is 1080. The van der Waals surface area contributed by atoms with Crippen LogP contribution in [0.15, 0.2) is 6.33 Å². The van der Waals surface area contributed by atoms with E-state index in [1.165, 1.54) is 25.7 Å². The molecule has 1 N–H and O–H groups in total. The van der Waals surface area contributed by atoms with E-state index in [0.717, 1.165) is 35.2 Å². The van der Waals surface area contributed by atoms with E-state index in [1.54, 1.807) is 0 Å². The van der Waals surface area contributed by atoms with Gasteiger partial charge in [-0.05, 0) is 68.9 Å². The summed E-state index contributed by atoms with van der Waals surface area (Å²) in [6, 6.07) is 0.533. The normalized spacial score (nSPS) is 44.1. The van der Waals surface area contributed by atoms with Gasteiger partial charge in [0.2, 0.25) is 5.28 Å². The maximum Gasteiger partial charge on any atom is 0.226 e. The molecule has 9 heteroatoms. The van der Waals surface area contributed by atoms with Gasteiger partial charge in [-0.3, -0.25) is 0 Å². The van der Waals surface area contributed by atoms with Crippen LogP contribution in [0.4, 0.5) is 5.82 Å². The second kappa shape index (κ2) is 6.25. The second-order valence-corrected chi connectivity index (χ2v) is 11.4. The number of ether oxygens (including phenoxy) is 2. The molecule has 4 aliphatic carbocycles. The Morgan fingerprint density at radius 3 is 2.84 bits per heavy atom. The second-order valence-electron chi connectivity index (χ2n) is 10.8. The first-order valence-corrected chi connectivity index (χ1v) is 12.4. The molecule has 8 atom stereocenters. The van der Waals surface area contributed by atoms with Crippen molar-refractivity contribution in [3.8, 4) is 0 Å². The average molecular weight is 464 g/mol. The molecule has 4 saturated carbocycles. The highest BCUT2D eigenvalue weighted by atomic mass is 35.5. The molecule has 0 aromatic carbocycles. The third kappa shape index (κ3) is 2.63. The summed E-state index contributed by atoms with van der Waals surface area (Å²) in [6.45, 7) is 3.95. The zero-order valence-electron chi connectivity index (χ0n) is 17.7. The summed E-state index contributed by atoms with van der Waals surface area (Å²) >= 11 is 12.9. The first kappa shape index (κ1) is 19.3. The quantitative estimate of drug-likeness (QED) is 0.534. The van der Waals surface area contributed by atoms with E-state index in [4.69, 9.17) is 37.7 Å². The van der Waals surface area contributed by atoms with E-state index >= 15 is 0 Å². The molecule has 0 spiro atoms. The van der Waals surface area contributed by atoms with Crippen LogP contribution in [0.1, 0.15) is 52.0 Å². The summed E-state index contributed by atoms with van der Waals surface area (Å²) in [7, 11) is 0. The lowest BCUT2D eigenvalue weighted by atomic mass is 9.95. The number of aromatic nitrogens is 4. The van der Waals surface area contributed by atoms with Crippen LogP contribution in [0.3, 0.4) is 0 Å². The Kier molecular flexibility index (Phi) is 3.90. The number of nitrogens with one attached hydrogen (secondary N) is 1. The molecular weight excluding hydrogens is 437 g/mol. The largest absolute Gasteiger partial charge is 0.365 e. The highest BCUT2D eigenvalue weighted by Gasteiger charge is 2.75. The Morgan fingerprint density at radius 2 is 2.10 bits per heavy atom. The topological polar surface area (TPSA) is 74.1 Å². The fraction of sp³-hybridized carbons (Fsp3) is 0.773. The molecule has 1 saturated heterocycles. The summed E-state index contributed by atoms with van der Waals surface area (Å²) in [5.41, 5.74) is 1.52. The van der Waals surface area contributed by atoms with Gasteiger partial charge >= 0.3 is 0 Å². The van der Waals surface area contributed by atoms with Gasteiger partial charge in [-0.15, -0.1) is 11.6 Å². The molecule has 7 rings (SSSR count). The first-order valence-electron chi connectivity index (χ1n) is 11.5. The number of fused-ring (bicyclic) bond motifs is 6. The molecule has 0 radical (unpaired) electrons. The van der Waals surface area contributed by atoms with E-state index < -0.39 is 5.79 Å². The number of anilines is 1. The maximum atomic E-state index is 6.45. The first-order chi connectivity index (χ1) is 14.9. The van der Waals surface area contributed by atoms with Crippen LogP contribution in [0, 0.1) is 23.2 Å². The van der Waals surface area contributed by atoms with Crippen molar-refractivity contribution in [2.24, 2.45) is 23.2 Å². The maximum absolute atomic E-state index is 6.45. The highest BCUT2D eigenvalue weighted by molar-refractivity contribution is 6.28. The van der Waals surface area contributed by atoms with Crippen molar-refractivity contribution in [2.75, 3.05) is 11.2 Å². The predicted molar refractivity (Wildman–Crippen MR) is 117 cm³/mol. The number of halogens is 2. The Morgan fingerprint density at radius 1 is 1.23 bits per heavy atom. The molecule has 7 nitrogen and oxygen atoms in total. The monoisotopic (exact) mass is 463 g/mol. The van der Waals surface area contributed by atoms with Gasteiger partial charge in [0.05, 0.1) is 18.5 Å². The molecule has 0 unspecified atom stereocenters. The fourth-order valence-electron chi connectivity index (χ4n) is 7.24. The number of nitrogens with zero attached hydrogens (tertiary/aromatic N) is 4. The van der Waals surface area contributed by atoms with E-state index in [0.29, 0.717) is 17.8 Å². The van der Waals surface area contributed by atoms with Crippen molar-refractivity contribution >= 4 is 40.2 Å². The number of rotatable bonds is 4. The van der Waals surface area contributed by atoms with E-state index in [-0.39, 0.29) is 28.9 Å². The van der Waals surface area contributed by atoms with Crippen molar-refractivity contribution in [2.45, 2.75) is 76.0 Å². The van der Waals surface area contributed by atoms with Crippen molar-refractivity contribution < 1.29 is 9.47 Å². The van der Waals surface area contributed by atoms with Crippen LogP contribution in [-0.2, 0) is 9.47 Å². The summed E-state index contributed by atoms with van der Waals surface area (Å²) in [5.74, 6) is 2.69. The van der Waals surface area contributed by atoms with Crippen LogP contribution in [0.25, 0.3) is 11.2 Å². The Balaban J connectivity index is 1.27. The SMILES string of the molecule is CC1(C)O[C@H]2[C@H](n3cnc4c(N[C@H]5C[C@H]6CC[C@@H]5C6)nc(Cl)nc43)[C@H]3C[C@@]3(CCl)[C@H]2O1. The standard InChI is InChI=1S/C22H27Cl2N5O2/c1-21(2)30-16-15(12-7-22(12,8-23)17(16)31-21)29-9-25-14-18(27-20(24)28-19(14)29)26-13-6-10-3-4-11(13)5-10/h9-13,15-17H,3-8H2,1-2H3,(H,26,27,28)/t10-,11+,12+,13-,15+,16-,17-,22-/m0/s1. The average Bonchev–Trinajstić information content (AvgIpc) is 3.21. The van der Waals surface area contributed by atoms with E-state index in [2.05, 4.69) is 19.9 Å². The van der Waals surface area contributed by atoms with Crippen molar-refractivity contribution in [3.63, 3.8) is 0 Å². The minimum Gasteiger partial charge on any atom is -0.365 e. The van der Waals surface area contributed by atoms with Crippen LogP contribution in [0.2, 0.25) is 5.28 Å². The molecule has 31 heavy (non-hydrogen) atoms. The Labute approximate surface area is 191 Å². The molecule has 5 aliphatic rings. The molecule has 2 aromatic rings. The van der Waals surface area contributed by atoms with Gasteiger partial charge in [-0.2, -0.15) is 9.97 Å². The summed E-state index contributed by atoms with van der Waals surface area (Å²) in [5, 5.41) is 3.92. The van der Waals surface area contributed by atoms with Crippen LogP contribution in [-0.4, -0.2) is 49.4 Å². The van der Waals surface area contributed by atoms with Crippen LogP contribution >= 0.6 is 23.2 Å². The van der Waals surface area contributed by atoms with E-state index in [9.17, 15) is 0 Å². The molecule has 2 aromatic heterocycles. The molecule has 1 aliphatic heterocycles. The van der Waals surface area contributed by atoms with E-state index in [1.807, 2.05) is 20.2 Å². The predicted octanol–water partition coefficient (Wildman–Crippen LogP) is 4.40. The number of hydrogen-bond donors (Lipinski definition) is 1. The molecular formula is C22H27Cl2N5O2. The summed E-state index contributed by atoms with van der Waals surface area (Å²) in [6.07, 6.45) is 8.05. The fourth-order valence-corrected chi connectivity index (χ4v) is 7.86. The third-order valence-corrected chi connectivity index (χ3v) is 9.31. The third-order valence-electron chi connectivity index (χ3n) is 8.65. The summed E-state index contributed by atoms with van der Waals surface area (Å²) < 4.78 is 14.8. The van der Waals surface area contributed by atoms with Gasteiger partial charge in [0, 0.05) is 17.3 Å². The van der Waals surface area contributed by atoms with Crippen molar-refractivity contribution in [1.29, 1.82) is 0 Å². The zero-order chi connectivity index (χ0) is 21.1. The number of hydrogen-bond acceptors (Lipinski definition) is 6. The van der Waals surface area contributed by atoms with Crippen molar-refractivity contribution in [1.82, 2.24) is 19.5 Å². The minimum atomic E-state index is -0.613. The number of alkyl halides is 1. The molecule has 2 bridgehead atoms. The van der Waals surface area contributed by atoms with Gasteiger partial charge in [-0.1, -0.05) is 6.42 Å². The van der Waals surface area contributed by atoms with Gasteiger partial charge in [0.15, 0.2) is 22.8 Å². The lowest BCUT2D eigenvalue weighted by Gasteiger charge is -2.25. The Hall–Kier alpha value is -1.15. The van der Waals surface area contributed by atoms with Crippen molar-refractivity contribution in [3.05, 3.63) is 11.6 Å². The summed E-state index contributed by atoms with van der Waals surface area (Å²) in [4.78, 5) is 13.9. The minimum absolute atomic E-state index is 0.00334. The van der Waals surface area contributed by atoms with Crippen LogP contribution in [0.5, 0.6) is 0 Å². The zero-order valence-corrected chi connectivity index (χ0v) is 19.2. The highest BCUT2D eigenvalue weighted by Crippen LogP contribution is 2.72. The van der Waals surface area contributed by atoms with Gasteiger partial charge < -0.3 is 19.4 Å².